The molecule has 18 heavy (non-hydrogen) atoms. The molecule has 6 heteroatoms. The standard InChI is InChI=1S/C12H8Cl3FOS/c1-17-9-3-2-6(4-8(9)16)11(14)7-5-10(13)18-12(7)15/h2-5,11H,1H3. The van der Waals surface area contributed by atoms with Crippen LogP contribution in [0.15, 0.2) is 24.3 Å². The molecule has 0 aliphatic rings. The van der Waals surface area contributed by atoms with Gasteiger partial charge in [0.05, 0.1) is 21.2 Å². The first-order chi connectivity index (χ1) is 8.52. The second kappa shape index (κ2) is 5.66. The summed E-state index contributed by atoms with van der Waals surface area (Å²) in [6.45, 7) is 0. The Labute approximate surface area is 123 Å². The maximum absolute atomic E-state index is 13.6. The third-order valence-electron chi connectivity index (χ3n) is 2.42. The van der Waals surface area contributed by atoms with Crippen LogP contribution in [0.3, 0.4) is 0 Å². The molecule has 1 aromatic carbocycles. The normalized spacial score (nSPS) is 12.5. The van der Waals surface area contributed by atoms with Gasteiger partial charge in [-0.2, -0.15) is 0 Å². The molecule has 1 nitrogen and oxygen atoms in total. The first-order valence-corrected chi connectivity index (χ1v) is 6.96. The van der Waals surface area contributed by atoms with Crippen LogP contribution in [0.4, 0.5) is 4.39 Å². The summed E-state index contributed by atoms with van der Waals surface area (Å²) in [5, 5.41) is -0.540. The minimum Gasteiger partial charge on any atom is -0.494 e. The van der Waals surface area contributed by atoms with E-state index in [4.69, 9.17) is 39.5 Å². The van der Waals surface area contributed by atoms with Crippen LogP contribution in [-0.2, 0) is 0 Å². The van der Waals surface area contributed by atoms with Gasteiger partial charge in [-0.15, -0.1) is 22.9 Å². The van der Waals surface area contributed by atoms with Crippen LogP contribution in [0.2, 0.25) is 8.67 Å². The number of hydrogen-bond donors (Lipinski definition) is 0. The van der Waals surface area contributed by atoms with Gasteiger partial charge in [0.2, 0.25) is 0 Å². The number of alkyl halides is 1. The molecule has 1 aromatic heterocycles. The van der Waals surface area contributed by atoms with Crippen molar-refractivity contribution in [3.63, 3.8) is 0 Å². The Kier molecular flexibility index (Phi) is 4.38. The summed E-state index contributed by atoms with van der Waals surface area (Å²) in [4.78, 5) is 0. The molecule has 0 aliphatic heterocycles. The maximum Gasteiger partial charge on any atom is 0.165 e. The molecule has 2 rings (SSSR count). The van der Waals surface area contributed by atoms with E-state index in [0.717, 1.165) is 0 Å². The Morgan fingerprint density at radius 3 is 2.50 bits per heavy atom. The van der Waals surface area contributed by atoms with Crippen molar-refractivity contribution in [1.82, 2.24) is 0 Å². The van der Waals surface area contributed by atoms with Crippen molar-refractivity contribution in [2.45, 2.75) is 5.38 Å². The first kappa shape index (κ1) is 13.9. The minimum absolute atomic E-state index is 0.178. The predicted octanol–water partition coefficient (Wildman–Crippen LogP) is 5.53. The van der Waals surface area contributed by atoms with Gasteiger partial charge in [0, 0.05) is 5.56 Å². The van der Waals surface area contributed by atoms with Crippen molar-refractivity contribution in [1.29, 1.82) is 0 Å². The molecule has 0 saturated carbocycles. The quantitative estimate of drug-likeness (QED) is 0.674. The van der Waals surface area contributed by atoms with Gasteiger partial charge in [0.1, 0.15) is 0 Å². The number of benzene rings is 1. The lowest BCUT2D eigenvalue weighted by Gasteiger charge is -2.10. The number of ether oxygens (including phenoxy) is 1. The van der Waals surface area contributed by atoms with Gasteiger partial charge in [0.25, 0.3) is 0 Å². The fourth-order valence-corrected chi connectivity index (χ4v) is 3.51. The van der Waals surface area contributed by atoms with Crippen molar-refractivity contribution in [3.8, 4) is 5.75 Å². The number of methoxy groups -OCH3 is 1. The molecule has 0 saturated heterocycles. The van der Waals surface area contributed by atoms with Gasteiger partial charge in [-0.05, 0) is 23.8 Å². The summed E-state index contributed by atoms with van der Waals surface area (Å²) in [5.41, 5.74) is 1.28. The van der Waals surface area contributed by atoms with E-state index < -0.39 is 11.2 Å². The minimum atomic E-state index is -0.540. The lowest BCUT2D eigenvalue weighted by molar-refractivity contribution is 0.386. The topological polar surface area (TPSA) is 9.23 Å². The second-order valence-electron chi connectivity index (χ2n) is 3.54. The predicted molar refractivity (Wildman–Crippen MR) is 75.0 cm³/mol. The molecule has 0 bridgehead atoms. The highest BCUT2D eigenvalue weighted by Gasteiger charge is 2.18. The summed E-state index contributed by atoms with van der Waals surface area (Å²) in [7, 11) is 1.41. The summed E-state index contributed by atoms with van der Waals surface area (Å²) < 4.78 is 19.5. The van der Waals surface area contributed by atoms with Crippen LogP contribution in [0.1, 0.15) is 16.5 Å². The molecule has 0 spiro atoms. The molecule has 0 amide bonds. The van der Waals surface area contributed by atoms with Gasteiger partial charge in [0.15, 0.2) is 11.6 Å². The molecular weight excluding hydrogens is 318 g/mol. The fourth-order valence-electron chi connectivity index (χ4n) is 1.55. The molecule has 1 unspecified atom stereocenters. The average molecular weight is 326 g/mol. The molecule has 0 aliphatic carbocycles. The van der Waals surface area contributed by atoms with Crippen LogP contribution in [0.25, 0.3) is 0 Å². The van der Waals surface area contributed by atoms with Crippen molar-refractivity contribution in [3.05, 3.63) is 49.9 Å². The van der Waals surface area contributed by atoms with E-state index >= 15 is 0 Å². The van der Waals surface area contributed by atoms with Crippen LogP contribution in [0, 0.1) is 5.82 Å². The third kappa shape index (κ3) is 2.75. The van der Waals surface area contributed by atoms with Crippen molar-refractivity contribution in [2.24, 2.45) is 0 Å². The largest absolute Gasteiger partial charge is 0.494 e. The van der Waals surface area contributed by atoms with Crippen LogP contribution < -0.4 is 4.74 Å². The van der Waals surface area contributed by atoms with Gasteiger partial charge in [-0.1, -0.05) is 29.3 Å². The zero-order chi connectivity index (χ0) is 13.3. The maximum atomic E-state index is 13.6. The fraction of sp³-hybridized carbons (Fsp3) is 0.167. The molecule has 1 heterocycles. The van der Waals surface area contributed by atoms with E-state index in [1.807, 2.05) is 0 Å². The van der Waals surface area contributed by atoms with Crippen molar-refractivity contribution < 1.29 is 9.13 Å². The smallest absolute Gasteiger partial charge is 0.165 e. The Hall–Kier alpha value is -0.480. The summed E-state index contributed by atoms with van der Waals surface area (Å²) in [5.74, 6) is -0.282. The molecule has 0 fully saturated rings. The van der Waals surface area contributed by atoms with E-state index in [0.29, 0.717) is 19.8 Å². The third-order valence-corrected chi connectivity index (χ3v) is 4.43. The molecule has 2 aromatic rings. The molecule has 1 atom stereocenters. The summed E-state index contributed by atoms with van der Waals surface area (Å²) in [6.07, 6.45) is 0. The Morgan fingerprint density at radius 1 is 1.28 bits per heavy atom. The number of halogens is 4. The van der Waals surface area contributed by atoms with Gasteiger partial charge < -0.3 is 4.74 Å². The Morgan fingerprint density at radius 2 is 2.00 bits per heavy atom. The first-order valence-electron chi connectivity index (χ1n) is 4.95. The van der Waals surface area contributed by atoms with Gasteiger partial charge in [-0.25, -0.2) is 4.39 Å². The van der Waals surface area contributed by atoms with Gasteiger partial charge in [-0.3, -0.25) is 0 Å². The van der Waals surface area contributed by atoms with Crippen LogP contribution in [-0.4, -0.2) is 7.11 Å². The lowest BCUT2D eigenvalue weighted by atomic mass is 10.1. The molecule has 0 N–H and O–H groups in total. The van der Waals surface area contributed by atoms with E-state index in [1.54, 1.807) is 12.1 Å². The number of rotatable bonds is 3. The lowest BCUT2D eigenvalue weighted by Crippen LogP contribution is -1.95. The second-order valence-corrected chi connectivity index (χ2v) is 6.26. The zero-order valence-electron chi connectivity index (χ0n) is 9.22. The average Bonchev–Trinajstić information content (AvgIpc) is 2.67. The molecule has 96 valence electrons. The Balaban J connectivity index is 2.37. The van der Waals surface area contributed by atoms with Crippen LogP contribution >= 0.6 is 46.1 Å². The SMILES string of the molecule is COc1ccc(C(Cl)c2cc(Cl)sc2Cl)cc1F. The van der Waals surface area contributed by atoms with Crippen LogP contribution in [0.5, 0.6) is 5.75 Å². The molecule has 0 radical (unpaired) electrons. The van der Waals surface area contributed by atoms with E-state index in [-0.39, 0.29) is 5.75 Å². The highest BCUT2D eigenvalue weighted by Crippen LogP contribution is 2.41. The highest BCUT2D eigenvalue weighted by molar-refractivity contribution is 7.20. The van der Waals surface area contributed by atoms with Crippen molar-refractivity contribution in [2.75, 3.05) is 7.11 Å². The summed E-state index contributed by atoms with van der Waals surface area (Å²) >= 11 is 19.4. The van der Waals surface area contributed by atoms with E-state index in [9.17, 15) is 4.39 Å². The number of thiophene rings is 1. The molecular formula is C12H8Cl3FOS. The highest BCUT2D eigenvalue weighted by atomic mass is 35.5. The van der Waals surface area contributed by atoms with Gasteiger partial charge >= 0.3 is 0 Å². The zero-order valence-corrected chi connectivity index (χ0v) is 12.3. The van der Waals surface area contributed by atoms with Crippen molar-refractivity contribution >= 4 is 46.1 Å². The Bertz CT molecular complexity index is 570. The van der Waals surface area contributed by atoms with E-state index in [2.05, 4.69) is 0 Å². The van der Waals surface area contributed by atoms with E-state index in [1.165, 1.54) is 30.6 Å². The summed E-state index contributed by atoms with van der Waals surface area (Å²) in [6, 6.07) is 6.25. The monoisotopic (exact) mass is 324 g/mol. The number of hydrogen-bond acceptors (Lipinski definition) is 2.